The summed E-state index contributed by atoms with van der Waals surface area (Å²) in [5.41, 5.74) is 5.99. The van der Waals surface area contributed by atoms with Gasteiger partial charge < -0.3 is 0 Å². The Kier molecular flexibility index (Phi) is 5.57. The van der Waals surface area contributed by atoms with Gasteiger partial charge in [-0.25, -0.2) is 0 Å². The fourth-order valence-corrected chi connectivity index (χ4v) is 2.99. The second-order valence-electron chi connectivity index (χ2n) is 6.30. The predicted molar refractivity (Wildman–Crippen MR) is 101 cm³/mol. The molecule has 0 spiro atoms. The third-order valence-electron chi connectivity index (χ3n) is 3.86. The van der Waals surface area contributed by atoms with Crippen LogP contribution in [0.5, 0.6) is 0 Å². The van der Waals surface area contributed by atoms with E-state index in [1.807, 2.05) is 6.07 Å². The summed E-state index contributed by atoms with van der Waals surface area (Å²) in [4.78, 5) is 5.01. The summed E-state index contributed by atoms with van der Waals surface area (Å²) >= 11 is 3.54. The van der Waals surface area contributed by atoms with E-state index in [4.69, 9.17) is 4.99 Å². The lowest BCUT2D eigenvalue weighted by molar-refractivity contribution is 0.834. The van der Waals surface area contributed by atoms with Crippen molar-refractivity contribution in [3.63, 3.8) is 0 Å². The molecule has 0 N–H and O–H groups in total. The maximum absolute atomic E-state index is 5.01. The molecule has 2 heteroatoms. The van der Waals surface area contributed by atoms with Gasteiger partial charge in [-0.3, -0.25) is 4.99 Å². The van der Waals surface area contributed by atoms with Crippen molar-refractivity contribution in [2.45, 2.75) is 46.5 Å². The molecule has 0 aliphatic carbocycles. The summed E-state index contributed by atoms with van der Waals surface area (Å²) in [6.45, 7) is 11.0. The van der Waals surface area contributed by atoms with Crippen LogP contribution in [0.3, 0.4) is 0 Å². The van der Waals surface area contributed by atoms with E-state index in [-0.39, 0.29) is 0 Å². The Morgan fingerprint density at radius 2 is 1.45 bits per heavy atom. The average Bonchev–Trinajstić information content (AvgIpc) is 2.46. The highest BCUT2D eigenvalue weighted by Gasteiger charge is 2.13. The first-order chi connectivity index (χ1) is 10.4. The zero-order valence-corrected chi connectivity index (χ0v) is 15.6. The molecule has 116 valence electrons. The van der Waals surface area contributed by atoms with Gasteiger partial charge in [0.1, 0.15) is 0 Å². The Bertz CT molecular complexity index is 658. The number of para-hydroxylation sites is 1. The van der Waals surface area contributed by atoms with Crippen LogP contribution in [0.4, 0.5) is 5.69 Å². The molecule has 2 aromatic rings. The predicted octanol–water partition coefficient (Wildman–Crippen LogP) is 6.84. The highest BCUT2D eigenvalue weighted by Crippen LogP contribution is 2.35. The summed E-state index contributed by atoms with van der Waals surface area (Å²) in [5.74, 6) is 0.931. The first-order valence-electron chi connectivity index (χ1n) is 7.84. The average molecular weight is 358 g/mol. The molecule has 0 aromatic heterocycles. The summed E-state index contributed by atoms with van der Waals surface area (Å²) in [6, 6.07) is 14.9. The van der Waals surface area contributed by atoms with Crippen molar-refractivity contribution in [1.82, 2.24) is 0 Å². The molecule has 0 aliphatic heterocycles. The molecule has 0 atom stereocenters. The van der Waals surface area contributed by atoms with Crippen molar-refractivity contribution in [3.8, 4) is 0 Å². The van der Waals surface area contributed by atoms with Gasteiger partial charge in [-0.2, -0.15) is 0 Å². The number of hydrogen-bond acceptors (Lipinski definition) is 1. The van der Waals surface area contributed by atoms with Gasteiger partial charge in [0.05, 0.1) is 5.69 Å². The topological polar surface area (TPSA) is 12.4 Å². The van der Waals surface area contributed by atoms with Crippen LogP contribution in [-0.4, -0.2) is 5.71 Å². The Hall–Kier alpha value is -1.41. The second-order valence-corrected chi connectivity index (χ2v) is 7.22. The highest BCUT2D eigenvalue weighted by molar-refractivity contribution is 9.10. The smallest absolute Gasteiger partial charge is 0.0702 e. The third kappa shape index (κ3) is 3.86. The second kappa shape index (κ2) is 7.23. The van der Waals surface area contributed by atoms with Crippen LogP contribution in [0.2, 0.25) is 0 Å². The van der Waals surface area contributed by atoms with Crippen molar-refractivity contribution in [2.24, 2.45) is 4.99 Å². The molecule has 0 aliphatic rings. The molecule has 0 bridgehead atoms. The first-order valence-corrected chi connectivity index (χ1v) is 8.63. The lowest BCUT2D eigenvalue weighted by Gasteiger charge is -2.17. The van der Waals surface area contributed by atoms with Gasteiger partial charge in [-0.15, -0.1) is 0 Å². The van der Waals surface area contributed by atoms with Crippen LogP contribution in [0, 0.1) is 0 Å². The van der Waals surface area contributed by atoms with Crippen LogP contribution in [0.25, 0.3) is 0 Å². The fraction of sp³-hybridized carbons (Fsp3) is 0.350. The molecular formula is C20H24BrN. The van der Waals surface area contributed by atoms with E-state index >= 15 is 0 Å². The van der Waals surface area contributed by atoms with Crippen LogP contribution in [0.1, 0.15) is 63.1 Å². The van der Waals surface area contributed by atoms with E-state index in [0.717, 1.165) is 21.4 Å². The lowest BCUT2D eigenvalue weighted by atomic mass is 9.93. The van der Waals surface area contributed by atoms with Gasteiger partial charge in [-0.05, 0) is 47.6 Å². The number of hydrogen-bond donors (Lipinski definition) is 0. The largest absolute Gasteiger partial charge is 0.253 e. The molecule has 1 nitrogen and oxygen atoms in total. The fourth-order valence-electron chi connectivity index (χ4n) is 2.59. The quantitative estimate of drug-likeness (QED) is 0.531. The van der Waals surface area contributed by atoms with Gasteiger partial charge in [0.15, 0.2) is 0 Å². The minimum absolute atomic E-state index is 0.466. The highest BCUT2D eigenvalue weighted by atomic mass is 79.9. The summed E-state index contributed by atoms with van der Waals surface area (Å²) in [7, 11) is 0. The van der Waals surface area contributed by atoms with Crippen molar-refractivity contribution in [1.29, 1.82) is 0 Å². The molecule has 0 fully saturated rings. The van der Waals surface area contributed by atoms with Crippen molar-refractivity contribution in [2.75, 3.05) is 0 Å². The standard InChI is InChI=1S/C20H24BrN/c1-13(2)18-10-7-11-19(14(3)4)20(18)22-15(5)16-8-6-9-17(21)12-16/h6-14H,1-5H3/b22-15+. The Labute approximate surface area is 142 Å². The van der Waals surface area contributed by atoms with Gasteiger partial charge in [0, 0.05) is 10.2 Å². The lowest BCUT2D eigenvalue weighted by Crippen LogP contribution is -1.99. The zero-order valence-electron chi connectivity index (χ0n) is 14.0. The molecule has 0 amide bonds. The molecular weight excluding hydrogens is 334 g/mol. The minimum atomic E-state index is 0.466. The maximum atomic E-state index is 5.01. The van der Waals surface area contributed by atoms with Gasteiger partial charge in [0.2, 0.25) is 0 Å². The Morgan fingerprint density at radius 3 is 1.95 bits per heavy atom. The molecule has 0 radical (unpaired) electrons. The first kappa shape index (κ1) is 17.0. The molecule has 22 heavy (non-hydrogen) atoms. The Morgan fingerprint density at radius 1 is 0.909 bits per heavy atom. The summed E-state index contributed by atoms with van der Waals surface area (Å²) < 4.78 is 1.08. The summed E-state index contributed by atoms with van der Waals surface area (Å²) in [6.07, 6.45) is 0. The van der Waals surface area contributed by atoms with Gasteiger partial charge >= 0.3 is 0 Å². The number of benzene rings is 2. The summed E-state index contributed by atoms with van der Waals surface area (Å²) in [5, 5.41) is 0. The normalized spacial score (nSPS) is 12.3. The molecule has 0 heterocycles. The zero-order chi connectivity index (χ0) is 16.3. The third-order valence-corrected chi connectivity index (χ3v) is 4.36. The van der Waals surface area contributed by atoms with Crippen LogP contribution < -0.4 is 0 Å². The molecule has 0 saturated carbocycles. The van der Waals surface area contributed by atoms with Crippen LogP contribution >= 0.6 is 15.9 Å². The van der Waals surface area contributed by atoms with E-state index < -0.39 is 0 Å². The minimum Gasteiger partial charge on any atom is -0.253 e. The number of nitrogens with zero attached hydrogens (tertiary/aromatic N) is 1. The van der Waals surface area contributed by atoms with Gasteiger partial charge in [0.25, 0.3) is 0 Å². The van der Waals surface area contributed by atoms with E-state index in [2.05, 4.69) is 86.9 Å². The van der Waals surface area contributed by atoms with E-state index in [1.54, 1.807) is 0 Å². The number of halogens is 1. The van der Waals surface area contributed by atoms with Crippen molar-refractivity contribution < 1.29 is 0 Å². The van der Waals surface area contributed by atoms with Crippen LogP contribution in [0.15, 0.2) is 51.9 Å². The molecule has 0 unspecified atom stereocenters. The molecule has 0 saturated heterocycles. The molecule has 2 rings (SSSR count). The number of aliphatic imine (C=N–C) groups is 1. The Balaban J connectivity index is 2.58. The number of rotatable bonds is 4. The van der Waals surface area contributed by atoms with E-state index in [1.165, 1.54) is 11.1 Å². The van der Waals surface area contributed by atoms with Crippen molar-refractivity contribution in [3.05, 3.63) is 63.6 Å². The van der Waals surface area contributed by atoms with Gasteiger partial charge in [-0.1, -0.05) is 74.0 Å². The van der Waals surface area contributed by atoms with E-state index in [9.17, 15) is 0 Å². The van der Waals surface area contributed by atoms with Crippen molar-refractivity contribution >= 4 is 27.3 Å². The molecule has 2 aromatic carbocycles. The SMILES string of the molecule is C/C(=N\c1c(C(C)C)cccc1C(C)C)c1cccc(Br)c1. The maximum Gasteiger partial charge on any atom is 0.0702 e. The van der Waals surface area contributed by atoms with E-state index in [0.29, 0.717) is 11.8 Å². The van der Waals surface area contributed by atoms with Crippen LogP contribution in [-0.2, 0) is 0 Å². The monoisotopic (exact) mass is 357 g/mol.